The number of fused-ring (bicyclic) bond motifs is 3. The molecule has 8 nitrogen and oxygen atoms in total. The summed E-state index contributed by atoms with van der Waals surface area (Å²) in [7, 11) is -3.18. The molecule has 2 atom stereocenters. The Morgan fingerprint density at radius 1 is 1.24 bits per heavy atom. The molecule has 0 saturated carbocycles. The van der Waals surface area contributed by atoms with Gasteiger partial charge in [0, 0.05) is 18.1 Å². The van der Waals surface area contributed by atoms with Crippen LogP contribution in [0.5, 0.6) is 0 Å². The van der Waals surface area contributed by atoms with Crippen LogP contribution in [0.25, 0.3) is 11.0 Å². The van der Waals surface area contributed by atoms with Crippen molar-refractivity contribution in [2.75, 3.05) is 6.26 Å². The van der Waals surface area contributed by atoms with Crippen molar-refractivity contribution in [2.24, 2.45) is 0 Å². The molecule has 1 amide bonds. The highest BCUT2D eigenvalue weighted by atomic mass is 32.2. The summed E-state index contributed by atoms with van der Waals surface area (Å²) >= 11 is 0. The van der Waals surface area contributed by atoms with Gasteiger partial charge in [-0.25, -0.2) is 13.1 Å². The first kappa shape index (κ1) is 16.5. The van der Waals surface area contributed by atoms with Crippen LogP contribution in [0.15, 0.2) is 24.3 Å². The van der Waals surface area contributed by atoms with Gasteiger partial charge in [-0.05, 0) is 37.8 Å². The number of para-hydroxylation sites is 1. The Hall–Kier alpha value is -2.00. The number of rotatable bonds is 4. The van der Waals surface area contributed by atoms with E-state index in [1.807, 2.05) is 24.3 Å². The van der Waals surface area contributed by atoms with Gasteiger partial charge in [0.15, 0.2) is 0 Å². The molecule has 1 N–H and O–H groups in total. The molecule has 2 fully saturated rings. The molecule has 2 unspecified atom stereocenters. The van der Waals surface area contributed by atoms with Crippen molar-refractivity contribution in [1.82, 2.24) is 24.6 Å². The van der Waals surface area contributed by atoms with Gasteiger partial charge >= 0.3 is 0 Å². The molecule has 1 aromatic heterocycles. The molecule has 2 aliphatic heterocycles. The van der Waals surface area contributed by atoms with E-state index in [0.717, 1.165) is 23.9 Å². The molecule has 0 aliphatic carbocycles. The SMILES string of the molecule is CS(=O)(=O)N1C2CCC1CC(NC(=O)Cn1nnc3ccccc31)C2. The van der Waals surface area contributed by atoms with Gasteiger partial charge in [0.1, 0.15) is 12.1 Å². The molecule has 3 heterocycles. The summed E-state index contributed by atoms with van der Waals surface area (Å²) in [4.78, 5) is 12.4. The Balaban J connectivity index is 1.41. The molecule has 2 aliphatic rings. The summed E-state index contributed by atoms with van der Waals surface area (Å²) in [5, 5.41) is 11.1. The standard InChI is InChI=1S/C16H21N5O3S/c1-25(23,24)21-12-6-7-13(21)9-11(8-12)17-16(22)10-20-15-5-3-2-4-14(15)18-19-20/h2-5,11-13H,6-10H2,1H3,(H,17,22). The number of aromatic nitrogens is 3. The first-order valence-corrected chi connectivity index (χ1v) is 10.3. The van der Waals surface area contributed by atoms with E-state index in [-0.39, 0.29) is 30.6 Å². The lowest BCUT2D eigenvalue weighted by Crippen LogP contribution is -2.52. The Labute approximate surface area is 146 Å². The van der Waals surface area contributed by atoms with Crippen molar-refractivity contribution >= 4 is 27.0 Å². The fourth-order valence-electron chi connectivity index (χ4n) is 4.24. The van der Waals surface area contributed by atoms with Gasteiger partial charge in [-0.15, -0.1) is 5.10 Å². The molecule has 25 heavy (non-hydrogen) atoms. The second kappa shape index (κ2) is 6.06. The maximum absolute atomic E-state index is 12.4. The first-order chi connectivity index (χ1) is 11.9. The maximum Gasteiger partial charge on any atom is 0.242 e. The molecule has 2 saturated heterocycles. The average molecular weight is 363 g/mol. The van der Waals surface area contributed by atoms with E-state index >= 15 is 0 Å². The van der Waals surface area contributed by atoms with Crippen LogP contribution in [-0.4, -0.2) is 58.0 Å². The Morgan fingerprint density at radius 2 is 1.92 bits per heavy atom. The minimum Gasteiger partial charge on any atom is -0.352 e. The number of sulfonamides is 1. The van der Waals surface area contributed by atoms with Crippen molar-refractivity contribution in [3.05, 3.63) is 24.3 Å². The molecule has 1 aromatic carbocycles. The number of piperidine rings is 1. The van der Waals surface area contributed by atoms with Crippen LogP contribution in [0, 0.1) is 0 Å². The topological polar surface area (TPSA) is 97.2 Å². The van der Waals surface area contributed by atoms with E-state index in [1.54, 1.807) is 8.99 Å². The predicted molar refractivity (Wildman–Crippen MR) is 92.2 cm³/mol. The number of amides is 1. The Kier molecular flexibility index (Phi) is 3.99. The number of benzene rings is 1. The Morgan fingerprint density at radius 3 is 2.60 bits per heavy atom. The van der Waals surface area contributed by atoms with Gasteiger partial charge in [-0.2, -0.15) is 4.31 Å². The fourth-order valence-corrected chi connectivity index (χ4v) is 5.70. The number of carbonyl (C=O) groups excluding carboxylic acids is 1. The van der Waals surface area contributed by atoms with Crippen molar-refractivity contribution in [1.29, 1.82) is 0 Å². The lowest BCUT2D eigenvalue weighted by Gasteiger charge is -2.37. The van der Waals surface area contributed by atoms with Gasteiger partial charge < -0.3 is 5.32 Å². The van der Waals surface area contributed by atoms with Crippen molar-refractivity contribution in [3.8, 4) is 0 Å². The summed E-state index contributed by atoms with van der Waals surface area (Å²) in [6.07, 6.45) is 4.36. The van der Waals surface area contributed by atoms with E-state index < -0.39 is 10.0 Å². The second-order valence-electron chi connectivity index (χ2n) is 6.95. The number of nitrogens with one attached hydrogen (secondary N) is 1. The third kappa shape index (κ3) is 3.13. The summed E-state index contributed by atoms with van der Waals surface area (Å²) in [6, 6.07) is 7.53. The van der Waals surface area contributed by atoms with Crippen LogP contribution >= 0.6 is 0 Å². The number of carbonyl (C=O) groups is 1. The van der Waals surface area contributed by atoms with E-state index in [2.05, 4.69) is 15.6 Å². The smallest absolute Gasteiger partial charge is 0.242 e. The van der Waals surface area contributed by atoms with Gasteiger partial charge in [-0.3, -0.25) is 4.79 Å². The summed E-state index contributed by atoms with van der Waals surface area (Å²) < 4.78 is 27.1. The van der Waals surface area contributed by atoms with Gasteiger partial charge in [-0.1, -0.05) is 17.3 Å². The quantitative estimate of drug-likeness (QED) is 0.853. The molecule has 0 radical (unpaired) electrons. The van der Waals surface area contributed by atoms with Crippen LogP contribution in [0.3, 0.4) is 0 Å². The van der Waals surface area contributed by atoms with Crippen molar-refractivity contribution in [3.63, 3.8) is 0 Å². The Bertz CT molecular complexity index is 895. The number of nitrogens with zero attached hydrogens (tertiary/aromatic N) is 4. The van der Waals surface area contributed by atoms with Gasteiger partial charge in [0.25, 0.3) is 0 Å². The van der Waals surface area contributed by atoms with Crippen LogP contribution < -0.4 is 5.32 Å². The fraction of sp³-hybridized carbons (Fsp3) is 0.562. The summed E-state index contributed by atoms with van der Waals surface area (Å²) in [6.45, 7) is 0.113. The first-order valence-electron chi connectivity index (χ1n) is 8.48. The molecule has 2 aromatic rings. The zero-order valence-electron chi connectivity index (χ0n) is 14.0. The lowest BCUT2D eigenvalue weighted by atomic mass is 10.00. The van der Waals surface area contributed by atoms with Crippen molar-refractivity contribution < 1.29 is 13.2 Å². The predicted octanol–water partition coefficient (Wildman–Crippen LogP) is 0.503. The molecular formula is C16H21N5O3S. The van der Waals surface area contributed by atoms with E-state index in [1.165, 1.54) is 6.26 Å². The highest BCUT2D eigenvalue weighted by molar-refractivity contribution is 7.88. The lowest BCUT2D eigenvalue weighted by molar-refractivity contribution is -0.122. The molecule has 9 heteroatoms. The van der Waals surface area contributed by atoms with Crippen LogP contribution in [0.2, 0.25) is 0 Å². The zero-order chi connectivity index (χ0) is 17.6. The summed E-state index contributed by atoms with van der Waals surface area (Å²) in [5.41, 5.74) is 1.58. The largest absolute Gasteiger partial charge is 0.352 e. The maximum atomic E-state index is 12.4. The number of hydrogen-bond acceptors (Lipinski definition) is 5. The van der Waals surface area contributed by atoms with E-state index in [0.29, 0.717) is 12.8 Å². The highest BCUT2D eigenvalue weighted by Gasteiger charge is 2.45. The second-order valence-corrected chi connectivity index (χ2v) is 8.84. The van der Waals surface area contributed by atoms with Crippen LogP contribution in [0.4, 0.5) is 0 Å². The van der Waals surface area contributed by atoms with Crippen LogP contribution in [0.1, 0.15) is 25.7 Å². The van der Waals surface area contributed by atoms with Gasteiger partial charge in [0.2, 0.25) is 15.9 Å². The zero-order valence-corrected chi connectivity index (χ0v) is 14.8. The third-order valence-electron chi connectivity index (χ3n) is 5.13. The molecular weight excluding hydrogens is 342 g/mol. The highest BCUT2D eigenvalue weighted by Crippen LogP contribution is 2.37. The van der Waals surface area contributed by atoms with Gasteiger partial charge in [0.05, 0.1) is 11.8 Å². The minimum atomic E-state index is -3.18. The van der Waals surface area contributed by atoms with E-state index in [4.69, 9.17) is 0 Å². The van der Waals surface area contributed by atoms with Crippen LogP contribution in [-0.2, 0) is 21.4 Å². The molecule has 2 bridgehead atoms. The molecule has 4 rings (SSSR count). The monoisotopic (exact) mass is 363 g/mol. The van der Waals surface area contributed by atoms with Crippen molar-refractivity contribution in [2.45, 2.75) is 50.4 Å². The third-order valence-corrected chi connectivity index (χ3v) is 6.49. The number of hydrogen-bond donors (Lipinski definition) is 1. The average Bonchev–Trinajstić information content (AvgIpc) is 3.07. The van der Waals surface area contributed by atoms with E-state index in [9.17, 15) is 13.2 Å². The molecule has 0 spiro atoms. The minimum absolute atomic E-state index is 0.00579. The molecule has 134 valence electrons. The summed E-state index contributed by atoms with van der Waals surface area (Å²) in [5.74, 6) is -0.118. The normalized spacial score (nSPS) is 26.8.